The summed E-state index contributed by atoms with van der Waals surface area (Å²) in [6, 6.07) is 11.8. The normalized spacial score (nSPS) is 10.5. The fraction of sp³-hybridized carbons (Fsp3) is 0.0625. The Kier molecular flexibility index (Phi) is 6.54. The van der Waals surface area contributed by atoms with Gasteiger partial charge in [-0.3, -0.25) is 5.43 Å². The number of thiocarbonyl (C=S) groups is 1. The lowest BCUT2D eigenvalue weighted by atomic mass is 10.2. The van der Waals surface area contributed by atoms with Gasteiger partial charge in [-0.1, -0.05) is 29.3 Å². The Bertz CT molecular complexity index is 779. The monoisotopic (exact) mass is 381 g/mol. The Morgan fingerprint density at radius 1 is 1.17 bits per heavy atom. The van der Waals surface area contributed by atoms with Crippen LogP contribution in [0.5, 0.6) is 0 Å². The van der Waals surface area contributed by atoms with E-state index in [1.165, 1.54) is 7.11 Å². The first-order chi connectivity index (χ1) is 11.5. The lowest BCUT2D eigenvalue weighted by Crippen LogP contribution is -2.23. The van der Waals surface area contributed by atoms with Gasteiger partial charge in [0.1, 0.15) is 0 Å². The van der Waals surface area contributed by atoms with Gasteiger partial charge in [-0.25, -0.2) is 4.79 Å². The predicted octanol–water partition coefficient (Wildman–Crippen LogP) is 4.10. The van der Waals surface area contributed by atoms with Crippen LogP contribution in [0.25, 0.3) is 0 Å². The second kappa shape index (κ2) is 8.63. The van der Waals surface area contributed by atoms with Gasteiger partial charge in [-0.05, 0) is 54.2 Å². The first kappa shape index (κ1) is 18.2. The molecule has 0 amide bonds. The van der Waals surface area contributed by atoms with Crippen LogP contribution in [-0.2, 0) is 4.74 Å². The molecule has 0 fully saturated rings. The summed E-state index contributed by atoms with van der Waals surface area (Å²) in [5.41, 5.74) is 4.63. The molecule has 24 heavy (non-hydrogen) atoms. The molecule has 0 unspecified atom stereocenters. The number of anilines is 1. The van der Waals surface area contributed by atoms with E-state index in [1.807, 2.05) is 0 Å². The summed E-state index contributed by atoms with van der Waals surface area (Å²) >= 11 is 16.9. The minimum Gasteiger partial charge on any atom is -0.465 e. The van der Waals surface area contributed by atoms with Crippen molar-refractivity contribution in [2.75, 3.05) is 12.4 Å². The van der Waals surface area contributed by atoms with Crippen LogP contribution in [0.3, 0.4) is 0 Å². The van der Waals surface area contributed by atoms with E-state index in [-0.39, 0.29) is 0 Å². The number of ether oxygens (including phenoxy) is 1. The molecule has 0 spiro atoms. The number of carbonyl (C=O) groups is 1. The molecule has 0 aliphatic rings. The van der Waals surface area contributed by atoms with Crippen molar-refractivity contribution in [1.82, 2.24) is 5.43 Å². The first-order valence-electron chi connectivity index (χ1n) is 6.73. The van der Waals surface area contributed by atoms with Crippen molar-refractivity contribution in [3.05, 3.63) is 63.6 Å². The Hall–Kier alpha value is -2.15. The molecule has 0 heterocycles. The highest BCUT2D eigenvalue weighted by atomic mass is 35.5. The van der Waals surface area contributed by atoms with Crippen molar-refractivity contribution in [1.29, 1.82) is 0 Å². The number of benzene rings is 2. The topological polar surface area (TPSA) is 62.7 Å². The summed E-state index contributed by atoms with van der Waals surface area (Å²) < 4.78 is 4.63. The third-order valence-corrected chi connectivity index (χ3v) is 3.82. The summed E-state index contributed by atoms with van der Waals surface area (Å²) in [4.78, 5) is 11.4. The average Bonchev–Trinajstić information content (AvgIpc) is 2.58. The predicted molar refractivity (Wildman–Crippen MR) is 101 cm³/mol. The van der Waals surface area contributed by atoms with Crippen LogP contribution in [0.4, 0.5) is 5.69 Å². The van der Waals surface area contributed by atoms with Gasteiger partial charge in [0.2, 0.25) is 0 Å². The van der Waals surface area contributed by atoms with Gasteiger partial charge in [-0.2, -0.15) is 5.10 Å². The van der Waals surface area contributed by atoms with Crippen LogP contribution in [0, 0.1) is 0 Å². The number of hydrazone groups is 1. The molecule has 0 saturated carbocycles. The zero-order chi connectivity index (χ0) is 17.5. The van der Waals surface area contributed by atoms with Gasteiger partial charge >= 0.3 is 5.97 Å². The molecular weight excluding hydrogens is 369 g/mol. The van der Waals surface area contributed by atoms with Crippen molar-refractivity contribution in [3.63, 3.8) is 0 Å². The molecule has 2 aromatic carbocycles. The van der Waals surface area contributed by atoms with E-state index in [2.05, 4.69) is 20.6 Å². The van der Waals surface area contributed by atoms with Gasteiger partial charge < -0.3 is 10.1 Å². The molecule has 2 aromatic rings. The van der Waals surface area contributed by atoms with Gasteiger partial charge in [0, 0.05) is 5.69 Å². The minimum atomic E-state index is -0.395. The standard InChI is InChI=1S/C16H13Cl2N3O2S/c1-23-15(22)11-3-5-12(6-4-11)20-16(24)21-19-9-10-2-7-13(17)14(18)8-10/h2-9H,1H3,(H2,20,21,24). The minimum absolute atomic E-state index is 0.303. The fourth-order valence-corrected chi connectivity index (χ4v) is 2.20. The molecule has 124 valence electrons. The quantitative estimate of drug-likeness (QED) is 0.361. The van der Waals surface area contributed by atoms with Gasteiger partial charge in [0.25, 0.3) is 0 Å². The maximum atomic E-state index is 11.4. The summed E-state index contributed by atoms with van der Waals surface area (Å²) in [5, 5.41) is 8.19. The lowest BCUT2D eigenvalue weighted by molar-refractivity contribution is 0.0601. The van der Waals surface area contributed by atoms with Crippen molar-refractivity contribution < 1.29 is 9.53 Å². The third kappa shape index (κ3) is 5.19. The molecule has 0 aliphatic carbocycles. The van der Waals surface area contributed by atoms with E-state index in [9.17, 15) is 4.79 Å². The number of nitrogens with one attached hydrogen (secondary N) is 2. The maximum Gasteiger partial charge on any atom is 0.337 e. The van der Waals surface area contributed by atoms with Crippen LogP contribution in [0.2, 0.25) is 10.0 Å². The van der Waals surface area contributed by atoms with Crippen LogP contribution in [0.15, 0.2) is 47.6 Å². The number of esters is 1. The van der Waals surface area contributed by atoms with E-state index < -0.39 is 5.97 Å². The number of halogens is 2. The number of nitrogens with zero attached hydrogens (tertiary/aromatic N) is 1. The number of methoxy groups -OCH3 is 1. The molecule has 0 bridgehead atoms. The lowest BCUT2D eigenvalue weighted by Gasteiger charge is -2.07. The molecule has 8 heteroatoms. The summed E-state index contributed by atoms with van der Waals surface area (Å²) in [6.07, 6.45) is 1.57. The highest BCUT2D eigenvalue weighted by Crippen LogP contribution is 2.21. The van der Waals surface area contributed by atoms with Crippen molar-refractivity contribution >= 4 is 58.4 Å². The Morgan fingerprint density at radius 2 is 1.88 bits per heavy atom. The number of rotatable bonds is 4. The highest BCUT2D eigenvalue weighted by molar-refractivity contribution is 7.80. The van der Waals surface area contributed by atoms with Crippen LogP contribution >= 0.6 is 35.4 Å². The molecule has 5 nitrogen and oxygen atoms in total. The molecule has 0 aliphatic heterocycles. The molecule has 0 aromatic heterocycles. The summed E-state index contributed by atoms with van der Waals surface area (Å²) in [6.45, 7) is 0. The van der Waals surface area contributed by atoms with Crippen molar-refractivity contribution in [2.45, 2.75) is 0 Å². The van der Waals surface area contributed by atoms with Gasteiger partial charge in [0.15, 0.2) is 5.11 Å². The smallest absolute Gasteiger partial charge is 0.337 e. The Balaban J connectivity index is 1.89. The highest BCUT2D eigenvalue weighted by Gasteiger charge is 2.04. The average molecular weight is 382 g/mol. The Labute approximate surface area is 154 Å². The summed E-state index contributed by atoms with van der Waals surface area (Å²) in [5.74, 6) is -0.395. The molecule has 2 N–H and O–H groups in total. The number of hydrogen-bond donors (Lipinski definition) is 2. The zero-order valence-electron chi connectivity index (χ0n) is 12.5. The number of carbonyl (C=O) groups excluding carboxylic acids is 1. The molecule has 0 atom stereocenters. The van der Waals surface area contributed by atoms with Crippen LogP contribution in [0.1, 0.15) is 15.9 Å². The number of hydrogen-bond acceptors (Lipinski definition) is 4. The van der Waals surface area contributed by atoms with E-state index in [1.54, 1.807) is 48.7 Å². The zero-order valence-corrected chi connectivity index (χ0v) is 14.9. The second-order valence-electron chi connectivity index (χ2n) is 4.57. The third-order valence-electron chi connectivity index (χ3n) is 2.89. The molecular formula is C16H13Cl2N3O2S. The fourth-order valence-electron chi connectivity index (χ4n) is 1.72. The largest absolute Gasteiger partial charge is 0.465 e. The maximum absolute atomic E-state index is 11.4. The summed E-state index contributed by atoms with van der Waals surface area (Å²) in [7, 11) is 1.33. The molecule has 0 saturated heterocycles. The SMILES string of the molecule is COC(=O)c1ccc(NC(=S)NN=Cc2ccc(Cl)c(Cl)c2)cc1. The Morgan fingerprint density at radius 3 is 2.50 bits per heavy atom. The second-order valence-corrected chi connectivity index (χ2v) is 5.79. The van der Waals surface area contributed by atoms with Crippen LogP contribution < -0.4 is 10.7 Å². The van der Waals surface area contributed by atoms with Gasteiger partial charge in [0.05, 0.1) is 28.9 Å². The molecule has 2 rings (SSSR count). The molecule has 0 radical (unpaired) electrons. The van der Waals surface area contributed by atoms with Crippen molar-refractivity contribution in [2.24, 2.45) is 5.10 Å². The van der Waals surface area contributed by atoms with Gasteiger partial charge in [-0.15, -0.1) is 0 Å². The van der Waals surface area contributed by atoms with Crippen molar-refractivity contribution in [3.8, 4) is 0 Å². The van der Waals surface area contributed by atoms with E-state index in [0.717, 1.165) is 5.56 Å². The van der Waals surface area contributed by atoms with E-state index >= 15 is 0 Å². The van der Waals surface area contributed by atoms with Crippen LogP contribution in [-0.4, -0.2) is 24.4 Å². The van der Waals surface area contributed by atoms with E-state index in [4.69, 9.17) is 35.4 Å². The first-order valence-corrected chi connectivity index (χ1v) is 7.89. The van der Waals surface area contributed by atoms with E-state index in [0.29, 0.717) is 26.4 Å².